The molecule has 3 nitrogen and oxygen atoms in total. The molecule has 0 aliphatic carbocycles. The van der Waals surface area contributed by atoms with Gasteiger partial charge < -0.3 is 10.0 Å². The zero-order valence-electron chi connectivity index (χ0n) is 10.3. The summed E-state index contributed by atoms with van der Waals surface area (Å²) < 4.78 is 0. The molecule has 0 radical (unpaired) electrons. The van der Waals surface area contributed by atoms with E-state index in [0.29, 0.717) is 0 Å². The maximum absolute atomic E-state index is 9.05. The first-order chi connectivity index (χ1) is 8.11. The van der Waals surface area contributed by atoms with Crippen LogP contribution in [0.4, 0.5) is 10.8 Å². The van der Waals surface area contributed by atoms with Gasteiger partial charge in [0, 0.05) is 18.9 Å². The summed E-state index contributed by atoms with van der Waals surface area (Å²) in [5.41, 5.74) is 3.64. The van der Waals surface area contributed by atoms with Gasteiger partial charge in [-0.05, 0) is 25.5 Å². The van der Waals surface area contributed by atoms with E-state index in [0.717, 1.165) is 15.7 Å². The van der Waals surface area contributed by atoms with E-state index in [9.17, 15) is 0 Å². The van der Waals surface area contributed by atoms with Crippen LogP contribution in [-0.4, -0.2) is 17.1 Å². The first-order valence-corrected chi connectivity index (χ1v) is 6.30. The molecule has 2 aromatic rings. The van der Waals surface area contributed by atoms with Gasteiger partial charge >= 0.3 is 0 Å². The SMILES string of the molecule is Cc1ccc(N(C)c2ncc(CO)s2)c(C)c1. The summed E-state index contributed by atoms with van der Waals surface area (Å²) in [5, 5.41) is 9.95. The van der Waals surface area contributed by atoms with Crippen molar-refractivity contribution in [3.05, 3.63) is 40.4 Å². The number of rotatable bonds is 3. The van der Waals surface area contributed by atoms with E-state index >= 15 is 0 Å². The van der Waals surface area contributed by atoms with E-state index in [1.165, 1.54) is 22.5 Å². The Labute approximate surface area is 105 Å². The Hall–Kier alpha value is -1.39. The molecule has 0 amide bonds. The molecule has 1 aromatic heterocycles. The van der Waals surface area contributed by atoms with Crippen LogP contribution < -0.4 is 4.90 Å². The lowest BCUT2D eigenvalue weighted by atomic mass is 10.1. The van der Waals surface area contributed by atoms with E-state index in [4.69, 9.17) is 5.11 Å². The minimum Gasteiger partial charge on any atom is -0.391 e. The minimum atomic E-state index is 0.0540. The summed E-state index contributed by atoms with van der Waals surface area (Å²) >= 11 is 1.51. The van der Waals surface area contributed by atoms with Crippen molar-refractivity contribution in [3.8, 4) is 0 Å². The Morgan fingerprint density at radius 2 is 2.12 bits per heavy atom. The molecule has 1 aromatic carbocycles. The molecule has 0 bridgehead atoms. The van der Waals surface area contributed by atoms with E-state index in [1.807, 2.05) is 7.05 Å². The highest BCUT2D eigenvalue weighted by Gasteiger charge is 2.10. The average Bonchev–Trinajstić information content (AvgIpc) is 2.76. The number of benzene rings is 1. The number of aromatic nitrogens is 1. The molecule has 0 saturated heterocycles. The molecule has 0 aliphatic rings. The molecular weight excluding hydrogens is 232 g/mol. The number of anilines is 2. The van der Waals surface area contributed by atoms with E-state index in [1.54, 1.807) is 6.20 Å². The predicted octanol–water partition coefficient (Wildman–Crippen LogP) is 3.02. The predicted molar refractivity (Wildman–Crippen MR) is 72.0 cm³/mol. The van der Waals surface area contributed by atoms with Crippen molar-refractivity contribution in [2.75, 3.05) is 11.9 Å². The maximum atomic E-state index is 9.05. The van der Waals surface area contributed by atoms with Gasteiger partial charge in [-0.2, -0.15) is 0 Å². The Kier molecular flexibility index (Phi) is 3.45. The lowest BCUT2D eigenvalue weighted by Crippen LogP contribution is -2.10. The molecule has 90 valence electrons. The third-order valence-electron chi connectivity index (χ3n) is 2.70. The molecule has 1 N–H and O–H groups in total. The van der Waals surface area contributed by atoms with Gasteiger partial charge in [-0.25, -0.2) is 4.98 Å². The average molecular weight is 248 g/mol. The van der Waals surface area contributed by atoms with Crippen LogP contribution in [0.2, 0.25) is 0 Å². The lowest BCUT2D eigenvalue weighted by Gasteiger charge is -2.18. The molecule has 4 heteroatoms. The van der Waals surface area contributed by atoms with Gasteiger partial charge in [0.25, 0.3) is 0 Å². The van der Waals surface area contributed by atoms with Crippen molar-refractivity contribution in [3.63, 3.8) is 0 Å². The van der Waals surface area contributed by atoms with Gasteiger partial charge in [0.15, 0.2) is 5.13 Å². The molecule has 0 unspecified atom stereocenters. The van der Waals surface area contributed by atoms with Crippen molar-refractivity contribution >= 4 is 22.2 Å². The third kappa shape index (κ3) is 2.48. The fourth-order valence-corrected chi connectivity index (χ4v) is 2.56. The normalized spacial score (nSPS) is 10.6. The van der Waals surface area contributed by atoms with Crippen LogP contribution in [0.15, 0.2) is 24.4 Å². The highest BCUT2D eigenvalue weighted by molar-refractivity contribution is 7.15. The molecule has 0 aliphatic heterocycles. The first kappa shape index (κ1) is 12.1. The number of hydrogen-bond acceptors (Lipinski definition) is 4. The zero-order chi connectivity index (χ0) is 12.4. The Morgan fingerprint density at radius 3 is 2.71 bits per heavy atom. The molecule has 0 fully saturated rings. The number of aliphatic hydroxyl groups is 1. The minimum absolute atomic E-state index is 0.0540. The van der Waals surface area contributed by atoms with Crippen LogP contribution >= 0.6 is 11.3 Å². The molecular formula is C13H16N2OS. The van der Waals surface area contributed by atoms with Crippen LogP contribution in [0.5, 0.6) is 0 Å². The Balaban J connectivity index is 2.33. The van der Waals surface area contributed by atoms with E-state index in [2.05, 4.69) is 41.9 Å². The van der Waals surface area contributed by atoms with Crippen molar-refractivity contribution < 1.29 is 5.11 Å². The van der Waals surface area contributed by atoms with E-state index in [-0.39, 0.29) is 6.61 Å². The summed E-state index contributed by atoms with van der Waals surface area (Å²) in [6.07, 6.45) is 1.72. The number of thiazole rings is 1. The summed E-state index contributed by atoms with van der Waals surface area (Å²) in [6.45, 7) is 4.24. The van der Waals surface area contributed by atoms with Gasteiger partial charge in [0.1, 0.15) is 0 Å². The molecule has 0 atom stereocenters. The Morgan fingerprint density at radius 1 is 1.35 bits per heavy atom. The second kappa shape index (κ2) is 4.85. The van der Waals surface area contributed by atoms with Crippen LogP contribution in [-0.2, 0) is 6.61 Å². The van der Waals surface area contributed by atoms with Crippen LogP contribution in [0.1, 0.15) is 16.0 Å². The first-order valence-electron chi connectivity index (χ1n) is 5.48. The topological polar surface area (TPSA) is 36.4 Å². The highest BCUT2D eigenvalue weighted by Crippen LogP contribution is 2.30. The Bertz CT molecular complexity index is 522. The number of hydrogen-bond donors (Lipinski definition) is 1. The smallest absolute Gasteiger partial charge is 0.189 e. The van der Waals surface area contributed by atoms with Gasteiger partial charge in [0.05, 0.1) is 11.5 Å². The molecule has 2 rings (SSSR count). The lowest BCUT2D eigenvalue weighted by molar-refractivity contribution is 0.285. The molecule has 0 saturated carbocycles. The fourth-order valence-electron chi connectivity index (χ4n) is 1.81. The van der Waals surface area contributed by atoms with Crippen LogP contribution in [0.3, 0.4) is 0 Å². The van der Waals surface area contributed by atoms with Gasteiger partial charge in [-0.3, -0.25) is 0 Å². The standard InChI is InChI=1S/C13H16N2OS/c1-9-4-5-12(10(2)6-9)15(3)13-14-7-11(8-16)17-13/h4-7,16H,8H2,1-3H3. The number of aliphatic hydroxyl groups excluding tert-OH is 1. The van der Waals surface area contributed by atoms with Crippen molar-refractivity contribution in [1.29, 1.82) is 0 Å². The van der Waals surface area contributed by atoms with Gasteiger partial charge in [-0.1, -0.05) is 29.0 Å². The second-order valence-electron chi connectivity index (χ2n) is 4.12. The van der Waals surface area contributed by atoms with Crippen molar-refractivity contribution in [2.24, 2.45) is 0 Å². The highest BCUT2D eigenvalue weighted by atomic mass is 32.1. The largest absolute Gasteiger partial charge is 0.391 e. The quantitative estimate of drug-likeness (QED) is 0.907. The van der Waals surface area contributed by atoms with Gasteiger partial charge in [0.2, 0.25) is 0 Å². The summed E-state index contributed by atoms with van der Waals surface area (Å²) in [7, 11) is 2.00. The van der Waals surface area contributed by atoms with Crippen molar-refractivity contribution in [1.82, 2.24) is 4.98 Å². The van der Waals surface area contributed by atoms with E-state index < -0.39 is 0 Å². The summed E-state index contributed by atoms with van der Waals surface area (Å²) in [6, 6.07) is 6.36. The van der Waals surface area contributed by atoms with Gasteiger partial charge in [-0.15, -0.1) is 0 Å². The fraction of sp³-hybridized carbons (Fsp3) is 0.308. The number of nitrogens with zero attached hydrogens (tertiary/aromatic N) is 2. The summed E-state index contributed by atoms with van der Waals surface area (Å²) in [4.78, 5) is 7.25. The third-order valence-corrected chi connectivity index (χ3v) is 3.76. The molecule has 17 heavy (non-hydrogen) atoms. The molecule has 0 spiro atoms. The maximum Gasteiger partial charge on any atom is 0.189 e. The summed E-state index contributed by atoms with van der Waals surface area (Å²) in [5.74, 6) is 0. The van der Waals surface area contributed by atoms with Crippen LogP contribution in [0, 0.1) is 13.8 Å². The zero-order valence-corrected chi connectivity index (χ0v) is 11.1. The monoisotopic (exact) mass is 248 g/mol. The number of aryl methyl sites for hydroxylation is 2. The second-order valence-corrected chi connectivity index (χ2v) is 5.21. The van der Waals surface area contributed by atoms with Crippen molar-refractivity contribution in [2.45, 2.75) is 20.5 Å². The molecule has 1 heterocycles. The van der Waals surface area contributed by atoms with Crippen LogP contribution in [0.25, 0.3) is 0 Å².